The van der Waals surface area contributed by atoms with Crippen LogP contribution in [0.1, 0.15) is 27.7 Å². The van der Waals surface area contributed by atoms with E-state index >= 15 is 0 Å². The zero-order chi connectivity index (χ0) is 29.2. The van der Waals surface area contributed by atoms with Crippen molar-refractivity contribution in [3.05, 3.63) is 138 Å². The topological polar surface area (TPSA) is 60.4 Å². The summed E-state index contributed by atoms with van der Waals surface area (Å²) in [7, 11) is -1.95. The molecule has 0 amide bonds. The fourth-order valence-corrected chi connectivity index (χ4v) is 8.02. The lowest BCUT2D eigenvalue weighted by Gasteiger charge is -2.26. The Morgan fingerprint density at radius 2 is 1.05 bits per heavy atom. The van der Waals surface area contributed by atoms with Gasteiger partial charge < -0.3 is 4.74 Å². The van der Waals surface area contributed by atoms with Crippen LogP contribution in [0.4, 0.5) is 0 Å². The number of hydrogen-bond donors (Lipinski definition) is 0. The highest BCUT2D eigenvalue weighted by molar-refractivity contribution is 7.95. The van der Waals surface area contributed by atoms with Gasteiger partial charge in [-0.3, -0.25) is 9.59 Å². The summed E-state index contributed by atoms with van der Waals surface area (Å²) in [5.41, 5.74) is 1.97. The maximum atomic E-state index is 12.2. The number of hydrogen-bond acceptors (Lipinski definition) is 4. The van der Waals surface area contributed by atoms with Crippen molar-refractivity contribution in [1.82, 2.24) is 0 Å². The number of benzene rings is 3. The molecule has 206 valence electrons. The predicted octanol–water partition coefficient (Wildman–Crippen LogP) is 6.32. The van der Waals surface area contributed by atoms with Crippen molar-refractivity contribution < 1.29 is 19.1 Å². The Balaban J connectivity index is 0.000000395. The number of carbonyl (C=O) groups is 3. The van der Waals surface area contributed by atoms with Crippen molar-refractivity contribution in [3.8, 4) is 0 Å². The molecule has 0 atom stereocenters. The van der Waals surface area contributed by atoms with Crippen molar-refractivity contribution in [2.75, 3.05) is 12.8 Å². The maximum Gasteiger partial charge on any atom is 0.333 e. The summed E-state index contributed by atoms with van der Waals surface area (Å²) in [4.78, 5) is 32.4. The minimum Gasteiger partial charge on any atom is -0.463 e. The Morgan fingerprint density at radius 1 is 0.675 bits per heavy atom. The third kappa shape index (κ3) is 9.55. The van der Waals surface area contributed by atoms with Gasteiger partial charge in [-0.05, 0) is 81.3 Å². The third-order valence-electron chi connectivity index (χ3n) is 6.06. The molecular formula is C35H38O4P+. The smallest absolute Gasteiger partial charge is 0.333 e. The Morgan fingerprint density at radius 3 is 1.38 bits per heavy atom. The molecule has 0 bridgehead atoms. The molecule has 40 heavy (non-hydrogen) atoms. The second-order valence-corrected chi connectivity index (χ2v) is 12.6. The van der Waals surface area contributed by atoms with Crippen LogP contribution in [0.2, 0.25) is 0 Å². The molecule has 0 aromatic heterocycles. The molecule has 4 nitrogen and oxygen atoms in total. The van der Waals surface area contributed by atoms with Crippen LogP contribution in [-0.4, -0.2) is 31.3 Å². The van der Waals surface area contributed by atoms with Crippen LogP contribution < -0.4 is 15.9 Å². The standard InChI is InChI=1S/C25H26O2P.C10H12O2/c1-3-27-25(26)21(2)19-20-28(22-13-7-4-8-14-22,23-15-9-5-10-16-23)24-17-11-6-12-18-24;1-9(7-11)5-3-4-6-10(2)8-12/h4-19H,3,20H2,1-2H3;3-8H,1-2H3/q+1;/b21-19+;4-3+,9-5+,10-6+. The first kappa shape index (κ1) is 32.1. The van der Waals surface area contributed by atoms with Gasteiger partial charge in [0.15, 0.2) is 0 Å². The molecule has 0 radical (unpaired) electrons. The summed E-state index contributed by atoms with van der Waals surface area (Å²) < 4.78 is 5.19. The molecule has 0 N–H and O–H groups in total. The second kappa shape index (κ2) is 17.4. The molecule has 0 aliphatic carbocycles. The number of allylic oxidation sites excluding steroid dienone is 7. The van der Waals surface area contributed by atoms with Crippen LogP contribution in [0.3, 0.4) is 0 Å². The van der Waals surface area contributed by atoms with E-state index in [2.05, 4.69) is 78.9 Å². The predicted molar refractivity (Wildman–Crippen MR) is 169 cm³/mol. The van der Waals surface area contributed by atoms with Crippen molar-refractivity contribution in [3.63, 3.8) is 0 Å². The molecule has 0 aliphatic rings. The van der Waals surface area contributed by atoms with E-state index in [1.165, 1.54) is 15.9 Å². The molecule has 0 saturated heterocycles. The van der Waals surface area contributed by atoms with Gasteiger partial charge in [0, 0.05) is 5.57 Å². The van der Waals surface area contributed by atoms with Crippen LogP contribution >= 0.6 is 7.26 Å². The van der Waals surface area contributed by atoms with Gasteiger partial charge in [0.2, 0.25) is 0 Å². The van der Waals surface area contributed by atoms with Crippen LogP contribution in [0.5, 0.6) is 0 Å². The zero-order valence-electron chi connectivity index (χ0n) is 23.7. The molecular weight excluding hydrogens is 515 g/mol. The maximum absolute atomic E-state index is 12.2. The van der Waals surface area contributed by atoms with Gasteiger partial charge >= 0.3 is 5.97 Å². The van der Waals surface area contributed by atoms with E-state index in [1.807, 2.05) is 32.0 Å². The van der Waals surface area contributed by atoms with E-state index in [1.54, 1.807) is 38.2 Å². The number of esters is 1. The van der Waals surface area contributed by atoms with Crippen LogP contribution in [0.25, 0.3) is 0 Å². The molecule has 0 aliphatic heterocycles. The Kier molecular flexibility index (Phi) is 14.0. The summed E-state index contributed by atoms with van der Waals surface area (Å²) in [5.74, 6) is -0.241. The van der Waals surface area contributed by atoms with Crippen LogP contribution in [0, 0.1) is 0 Å². The van der Waals surface area contributed by atoms with Gasteiger partial charge in [-0.25, -0.2) is 4.79 Å². The Hall–Kier alpha value is -4.14. The third-order valence-corrected chi connectivity index (χ3v) is 10.3. The first-order valence-corrected chi connectivity index (χ1v) is 15.2. The van der Waals surface area contributed by atoms with Gasteiger partial charge in [-0.1, -0.05) is 78.9 Å². The van der Waals surface area contributed by atoms with E-state index in [-0.39, 0.29) is 5.97 Å². The lowest BCUT2D eigenvalue weighted by Crippen LogP contribution is -2.33. The van der Waals surface area contributed by atoms with Crippen LogP contribution in [0.15, 0.2) is 138 Å². The van der Waals surface area contributed by atoms with E-state index in [0.717, 1.165) is 18.7 Å². The summed E-state index contributed by atoms with van der Waals surface area (Å²) in [6.45, 7) is 7.50. The molecule has 0 spiro atoms. The fourth-order valence-electron chi connectivity index (χ4n) is 3.91. The number of carbonyl (C=O) groups excluding carboxylic acids is 3. The summed E-state index contributed by atoms with van der Waals surface area (Å²) in [6.07, 6.45) is 11.2. The van der Waals surface area contributed by atoms with Gasteiger partial charge in [0.25, 0.3) is 0 Å². The highest BCUT2D eigenvalue weighted by Gasteiger charge is 2.44. The van der Waals surface area contributed by atoms with Crippen LogP contribution in [-0.2, 0) is 19.1 Å². The lowest BCUT2D eigenvalue weighted by molar-refractivity contribution is -0.138. The Labute approximate surface area is 239 Å². The SMILES string of the molecule is CCOC(=O)/C(C)=C/C[P+](c1ccccc1)(c1ccccc1)c1ccccc1.C\C(C=O)=C/C=C/C=C(\C)C=O. The van der Waals surface area contributed by atoms with E-state index in [9.17, 15) is 14.4 Å². The minimum absolute atomic E-state index is 0.241. The second-order valence-electron chi connectivity index (χ2n) is 9.05. The monoisotopic (exact) mass is 553 g/mol. The molecule has 0 unspecified atom stereocenters. The lowest BCUT2D eigenvalue weighted by atomic mass is 10.2. The van der Waals surface area contributed by atoms with Gasteiger partial charge in [-0.2, -0.15) is 0 Å². The fraction of sp³-hybridized carbons (Fsp3) is 0.171. The molecule has 0 saturated carbocycles. The highest BCUT2D eigenvalue weighted by atomic mass is 31.2. The van der Waals surface area contributed by atoms with E-state index < -0.39 is 7.26 Å². The van der Waals surface area contributed by atoms with E-state index in [0.29, 0.717) is 23.3 Å². The normalized spacial score (nSPS) is 12.3. The van der Waals surface area contributed by atoms with E-state index in [4.69, 9.17) is 4.74 Å². The molecule has 3 aromatic rings. The van der Waals surface area contributed by atoms with Crippen molar-refractivity contribution in [1.29, 1.82) is 0 Å². The van der Waals surface area contributed by atoms with Crippen molar-refractivity contribution in [2.24, 2.45) is 0 Å². The van der Waals surface area contributed by atoms with Crippen molar-refractivity contribution in [2.45, 2.75) is 27.7 Å². The molecule has 5 heteroatoms. The summed E-state index contributed by atoms with van der Waals surface area (Å²) >= 11 is 0. The molecule has 0 fully saturated rings. The molecule has 0 heterocycles. The average molecular weight is 554 g/mol. The van der Waals surface area contributed by atoms with Gasteiger partial charge in [0.1, 0.15) is 35.7 Å². The average Bonchev–Trinajstić information content (AvgIpc) is 3.01. The molecule has 3 aromatic carbocycles. The highest BCUT2D eigenvalue weighted by Crippen LogP contribution is 2.55. The summed E-state index contributed by atoms with van der Waals surface area (Å²) in [6, 6.07) is 32.0. The largest absolute Gasteiger partial charge is 0.463 e. The van der Waals surface area contributed by atoms with Crippen molar-refractivity contribution >= 4 is 41.7 Å². The Bertz CT molecular complexity index is 1220. The first-order chi connectivity index (χ1) is 19.4. The zero-order valence-corrected chi connectivity index (χ0v) is 24.6. The minimum atomic E-state index is -1.95. The quantitative estimate of drug-likeness (QED) is 0.0917. The van der Waals surface area contributed by atoms with Gasteiger partial charge in [-0.15, -0.1) is 0 Å². The number of aldehydes is 2. The van der Waals surface area contributed by atoms with Gasteiger partial charge in [0.05, 0.1) is 12.8 Å². The number of ether oxygens (including phenoxy) is 1. The summed E-state index contributed by atoms with van der Waals surface area (Å²) in [5, 5.41) is 3.92. The number of rotatable bonds is 11. The molecule has 3 rings (SSSR count). The first-order valence-electron chi connectivity index (χ1n) is 13.2.